The molecule has 28 heavy (non-hydrogen) atoms. The van der Waals surface area contributed by atoms with Gasteiger partial charge in [0.2, 0.25) is 0 Å². The van der Waals surface area contributed by atoms with E-state index < -0.39 is 0 Å². The maximum absolute atomic E-state index is 12.5. The molecule has 144 valence electrons. The molecule has 0 fully saturated rings. The molecule has 5 rings (SSSR count). The van der Waals surface area contributed by atoms with E-state index in [1.165, 1.54) is 0 Å². The standard InChI is InChI=1S/C22H20ClNO4/c1-2-26-14-8-6-13(7-9-14)24-11-18-20-17(10-19(23)21(18)27-12-24)15-4-3-5-16(15)22(25)28-20/h6-10H,2-5,11-12H2,1H3. The fourth-order valence-corrected chi connectivity index (χ4v) is 4.47. The van der Waals surface area contributed by atoms with Crippen LogP contribution in [0.15, 0.2) is 39.5 Å². The van der Waals surface area contributed by atoms with Gasteiger partial charge in [0.25, 0.3) is 0 Å². The Morgan fingerprint density at radius 1 is 1.14 bits per heavy atom. The van der Waals surface area contributed by atoms with Crippen LogP contribution >= 0.6 is 11.6 Å². The second-order valence-corrected chi connectivity index (χ2v) is 7.55. The van der Waals surface area contributed by atoms with Crippen LogP contribution in [0.3, 0.4) is 0 Å². The highest BCUT2D eigenvalue weighted by atomic mass is 35.5. The van der Waals surface area contributed by atoms with E-state index in [1.807, 2.05) is 37.3 Å². The Labute approximate surface area is 167 Å². The van der Waals surface area contributed by atoms with Crippen LogP contribution in [-0.2, 0) is 19.4 Å². The molecule has 0 saturated carbocycles. The first kappa shape index (κ1) is 17.4. The van der Waals surface area contributed by atoms with E-state index in [1.54, 1.807) is 0 Å². The highest BCUT2D eigenvalue weighted by Gasteiger charge is 2.28. The fourth-order valence-electron chi connectivity index (χ4n) is 4.19. The first-order chi connectivity index (χ1) is 13.7. The highest BCUT2D eigenvalue weighted by Crippen LogP contribution is 2.41. The van der Waals surface area contributed by atoms with Gasteiger partial charge in [0.15, 0.2) is 6.73 Å². The minimum Gasteiger partial charge on any atom is -0.494 e. The van der Waals surface area contributed by atoms with Crippen LogP contribution in [0.5, 0.6) is 11.5 Å². The molecule has 6 heteroatoms. The summed E-state index contributed by atoms with van der Waals surface area (Å²) in [5, 5.41) is 1.50. The molecule has 0 saturated heterocycles. The summed E-state index contributed by atoms with van der Waals surface area (Å²) < 4.78 is 17.2. The number of halogens is 1. The van der Waals surface area contributed by atoms with E-state index in [9.17, 15) is 4.79 Å². The first-order valence-electron chi connectivity index (χ1n) is 9.56. The Kier molecular flexibility index (Phi) is 4.20. The molecule has 0 bridgehead atoms. The summed E-state index contributed by atoms with van der Waals surface area (Å²) in [6.45, 7) is 3.53. The van der Waals surface area contributed by atoms with Gasteiger partial charge >= 0.3 is 5.63 Å². The molecule has 0 atom stereocenters. The molecule has 1 aliphatic carbocycles. The highest BCUT2D eigenvalue weighted by molar-refractivity contribution is 6.33. The van der Waals surface area contributed by atoms with Gasteiger partial charge in [-0.3, -0.25) is 0 Å². The summed E-state index contributed by atoms with van der Waals surface area (Å²) in [6, 6.07) is 9.77. The van der Waals surface area contributed by atoms with Crippen molar-refractivity contribution in [1.29, 1.82) is 0 Å². The Morgan fingerprint density at radius 3 is 2.71 bits per heavy atom. The molecule has 2 aliphatic rings. The van der Waals surface area contributed by atoms with Crippen molar-refractivity contribution in [1.82, 2.24) is 0 Å². The lowest BCUT2D eigenvalue weighted by atomic mass is 10.0. The normalized spacial score (nSPS) is 15.3. The Morgan fingerprint density at radius 2 is 1.93 bits per heavy atom. The zero-order chi connectivity index (χ0) is 19.3. The smallest absolute Gasteiger partial charge is 0.339 e. The lowest BCUT2D eigenvalue weighted by molar-refractivity contribution is 0.289. The third kappa shape index (κ3) is 2.73. The SMILES string of the molecule is CCOc1ccc(N2COc3c(Cl)cc4c5c(c(=O)oc4c3C2)CCC5)cc1. The largest absolute Gasteiger partial charge is 0.494 e. The van der Waals surface area contributed by atoms with Crippen molar-refractivity contribution in [2.75, 3.05) is 18.2 Å². The van der Waals surface area contributed by atoms with Gasteiger partial charge in [-0.05, 0) is 62.1 Å². The molecule has 0 radical (unpaired) electrons. The molecule has 5 nitrogen and oxygen atoms in total. The van der Waals surface area contributed by atoms with Gasteiger partial charge in [-0.15, -0.1) is 0 Å². The molecule has 2 aromatic carbocycles. The molecule has 0 unspecified atom stereocenters. The Balaban J connectivity index is 1.59. The maximum atomic E-state index is 12.5. The third-order valence-corrected chi connectivity index (χ3v) is 5.77. The van der Waals surface area contributed by atoms with E-state index in [0.29, 0.717) is 36.2 Å². The second-order valence-electron chi connectivity index (χ2n) is 7.14. The predicted octanol–water partition coefficient (Wildman–Crippen LogP) is 4.69. The number of aryl methyl sites for hydroxylation is 1. The van der Waals surface area contributed by atoms with Crippen molar-refractivity contribution >= 4 is 28.3 Å². The van der Waals surface area contributed by atoms with Crippen LogP contribution in [0.25, 0.3) is 11.0 Å². The van der Waals surface area contributed by atoms with Crippen molar-refractivity contribution in [2.24, 2.45) is 0 Å². The summed E-state index contributed by atoms with van der Waals surface area (Å²) >= 11 is 6.53. The van der Waals surface area contributed by atoms with E-state index in [-0.39, 0.29) is 5.63 Å². The van der Waals surface area contributed by atoms with Crippen molar-refractivity contribution < 1.29 is 13.9 Å². The Bertz CT molecular complexity index is 1120. The molecule has 3 aromatic rings. The van der Waals surface area contributed by atoms with Gasteiger partial charge in [-0.2, -0.15) is 0 Å². The van der Waals surface area contributed by atoms with Crippen LogP contribution in [0, 0.1) is 0 Å². The Hall–Kier alpha value is -2.66. The minimum atomic E-state index is -0.234. The van der Waals surface area contributed by atoms with Crippen molar-refractivity contribution in [3.63, 3.8) is 0 Å². The summed E-state index contributed by atoms with van der Waals surface area (Å²) in [7, 11) is 0. The van der Waals surface area contributed by atoms with Crippen molar-refractivity contribution in [3.8, 4) is 11.5 Å². The number of rotatable bonds is 3. The van der Waals surface area contributed by atoms with Crippen molar-refractivity contribution in [2.45, 2.75) is 32.7 Å². The number of fused-ring (bicyclic) bond motifs is 5. The van der Waals surface area contributed by atoms with Crippen LogP contribution in [0.4, 0.5) is 5.69 Å². The molecule has 0 spiro atoms. The fraction of sp³-hybridized carbons (Fsp3) is 0.318. The topological polar surface area (TPSA) is 51.9 Å². The zero-order valence-electron chi connectivity index (χ0n) is 15.6. The number of hydrogen-bond acceptors (Lipinski definition) is 5. The van der Waals surface area contributed by atoms with Crippen LogP contribution in [0.1, 0.15) is 30.0 Å². The average molecular weight is 398 g/mol. The van der Waals surface area contributed by atoms with Crippen LogP contribution in [-0.4, -0.2) is 13.3 Å². The van der Waals surface area contributed by atoms with Gasteiger partial charge in [0.1, 0.15) is 17.1 Å². The van der Waals surface area contributed by atoms with Gasteiger partial charge < -0.3 is 18.8 Å². The summed E-state index contributed by atoms with van der Waals surface area (Å²) in [5.41, 5.74) is 4.07. The zero-order valence-corrected chi connectivity index (χ0v) is 16.3. The lowest BCUT2D eigenvalue weighted by Crippen LogP contribution is -2.32. The van der Waals surface area contributed by atoms with Gasteiger partial charge in [-0.1, -0.05) is 11.6 Å². The number of nitrogens with zero attached hydrogens (tertiary/aromatic N) is 1. The molecule has 1 aromatic heterocycles. The number of benzene rings is 2. The van der Waals surface area contributed by atoms with Gasteiger partial charge in [0.05, 0.1) is 23.7 Å². The third-order valence-electron chi connectivity index (χ3n) is 5.49. The summed E-state index contributed by atoms with van der Waals surface area (Å²) in [4.78, 5) is 14.6. The minimum absolute atomic E-state index is 0.234. The van der Waals surface area contributed by atoms with Gasteiger partial charge in [0, 0.05) is 16.6 Å². The summed E-state index contributed by atoms with van der Waals surface area (Å²) in [6.07, 6.45) is 2.63. The molecular formula is C22H20ClNO4. The first-order valence-corrected chi connectivity index (χ1v) is 9.94. The maximum Gasteiger partial charge on any atom is 0.339 e. The quantitative estimate of drug-likeness (QED) is 0.600. The number of hydrogen-bond donors (Lipinski definition) is 0. The van der Waals surface area contributed by atoms with Crippen LogP contribution in [0.2, 0.25) is 5.02 Å². The number of ether oxygens (including phenoxy) is 2. The molecule has 2 heterocycles. The number of anilines is 1. The molecule has 1 aliphatic heterocycles. The van der Waals surface area contributed by atoms with E-state index >= 15 is 0 Å². The molecule has 0 N–H and O–H groups in total. The van der Waals surface area contributed by atoms with Crippen molar-refractivity contribution in [3.05, 3.63) is 62.5 Å². The second kappa shape index (κ2) is 6.74. The van der Waals surface area contributed by atoms with E-state index in [0.717, 1.165) is 52.8 Å². The lowest BCUT2D eigenvalue weighted by Gasteiger charge is -2.31. The van der Waals surface area contributed by atoms with Crippen LogP contribution < -0.4 is 20.0 Å². The monoisotopic (exact) mass is 397 g/mol. The summed E-state index contributed by atoms with van der Waals surface area (Å²) in [5.74, 6) is 1.44. The van der Waals surface area contributed by atoms with E-state index in [4.69, 9.17) is 25.5 Å². The molecular weight excluding hydrogens is 378 g/mol. The molecule has 0 amide bonds. The predicted molar refractivity (Wildman–Crippen MR) is 109 cm³/mol. The van der Waals surface area contributed by atoms with E-state index in [2.05, 4.69) is 4.90 Å². The van der Waals surface area contributed by atoms with Gasteiger partial charge in [-0.25, -0.2) is 4.79 Å². The average Bonchev–Trinajstić information content (AvgIpc) is 3.21.